The second-order valence-electron chi connectivity index (χ2n) is 5.96. The van der Waals surface area contributed by atoms with Crippen LogP contribution in [-0.2, 0) is 0 Å². The third-order valence-corrected chi connectivity index (χ3v) is 4.13. The summed E-state index contributed by atoms with van der Waals surface area (Å²) < 4.78 is 0. The molecular weight excluding hydrogens is 284 g/mol. The standard InChI is InChI=1S/C19H18N4/c1-13-10-18(23-19(21-13)15-8-5-9-20-12-15)22-17-11-16(17)14-6-3-2-4-7-14/h2-10,12,16-17H,11H2,1H3,(H,21,22,23). The summed E-state index contributed by atoms with van der Waals surface area (Å²) in [5, 5.41) is 3.54. The zero-order valence-electron chi connectivity index (χ0n) is 13.0. The Morgan fingerprint density at radius 1 is 1.04 bits per heavy atom. The van der Waals surface area contributed by atoms with Crippen molar-refractivity contribution in [3.8, 4) is 11.4 Å². The molecule has 1 N–H and O–H groups in total. The summed E-state index contributed by atoms with van der Waals surface area (Å²) in [6, 6.07) is 17.0. The monoisotopic (exact) mass is 302 g/mol. The third kappa shape index (κ3) is 3.06. The first-order chi connectivity index (χ1) is 11.3. The second-order valence-corrected chi connectivity index (χ2v) is 5.96. The van der Waals surface area contributed by atoms with E-state index in [2.05, 4.69) is 50.6 Å². The topological polar surface area (TPSA) is 50.7 Å². The van der Waals surface area contributed by atoms with Crippen LogP contribution in [0.25, 0.3) is 11.4 Å². The number of nitrogens with zero attached hydrogens (tertiary/aromatic N) is 3. The van der Waals surface area contributed by atoms with E-state index >= 15 is 0 Å². The van der Waals surface area contributed by atoms with Gasteiger partial charge < -0.3 is 5.32 Å². The van der Waals surface area contributed by atoms with Crippen LogP contribution in [0.4, 0.5) is 5.82 Å². The molecule has 1 aliphatic carbocycles. The van der Waals surface area contributed by atoms with E-state index in [1.54, 1.807) is 12.4 Å². The van der Waals surface area contributed by atoms with Gasteiger partial charge in [0.05, 0.1) is 0 Å². The summed E-state index contributed by atoms with van der Waals surface area (Å²) in [6.07, 6.45) is 4.70. The molecule has 0 saturated heterocycles. The number of aromatic nitrogens is 3. The number of nitrogens with one attached hydrogen (secondary N) is 1. The highest BCUT2D eigenvalue weighted by atomic mass is 15.1. The molecule has 3 aromatic rings. The zero-order chi connectivity index (χ0) is 15.6. The van der Waals surface area contributed by atoms with Crippen LogP contribution < -0.4 is 5.32 Å². The summed E-state index contributed by atoms with van der Waals surface area (Å²) in [6.45, 7) is 1.99. The maximum atomic E-state index is 4.65. The van der Waals surface area contributed by atoms with E-state index in [1.807, 2.05) is 25.1 Å². The molecule has 1 aromatic carbocycles. The molecule has 1 aliphatic rings. The number of aryl methyl sites for hydroxylation is 1. The molecule has 0 bridgehead atoms. The van der Waals surface area contributed by atoms with Gasteiger partial charge in [-0.15, -0.1) is 0 Å². The minimum Gasteiger partial charge on any atom is -0.367 e. The Labute approximate surface area is 135 Å². The Morgan fingerprint density at radius 3 is 2.70 bits per heavy atom. The maximum Gasteiger partial charge on any atom is 0.163 e. The van der Waals surface area contributed by atoms with Gasteiger partial charge >= 0.3 is 0 Å². The van der Waals surface area contributed by atoms with Crippen LogP contribution >= 0.6 is 0 Å². The Bertz CT molecular complexity index is 802. The molecule has 4 heteroatoms. The maximum absolute atomic E-state index is 4.65. The lowest BCUT2D eigenvalue weighted by Gasteiger charge is -2.08. The van der Waals surface area contributed by atoms with Crippen LogP contribution in [0.15, 0.2) is 60.9 Å². The molecule has 114 valence electrons. The molecule has 1 saturated carbocycles. The molecule has 2 atom stereocenters. The van der Waals surface area contributed by atoms with Crippen molar-refractivity contribution < 1.29 is 0 Å². The van der Waals surface area contributed by atoms with E-state index in [1.165, 1.54) is 5.56 Å². The number of anilines is 1. The highest BCUT2D eigenvalue weighted by Crippen LogP contribution is 2.42. The predicted molar refractivity (Wildman–Crippen MR) is 91.2 cm³/mol. The first-order valence-electron chi connectivity index (χ1n) is 7.87. The van der Waals surface area contributed by atoms with Crippen LogP contribution in [0.1, 0.15) is 23.6 Å². The smallest absolute Gasteiger partial charge is 0.163 e. The molecule has 0 amide bonds. The molecule has 0 aliphatic heterocycles. The Hall–Kier alpha value is -2.75. The van der Waals surface area contributed by atoms with Gasteiger partial charge in [0.25, 0.3) is 0 Å². The van der Waals surface area contributed by atoms with Gasteiger partial charge in [-0.05, 0) is 31.0 Å². The molecule has 4 nitrogen and oxygen atoms in total. The summed E-state index contributed by atoms with van der Waals surface area (Å²) in [5.41, 5.74) is 3.29. The zero-order valence-corrected chi connectivity index (χ0v) is 13.0. The van der Waals surface area contributed by atoms with Gasteiger partial charge in [0.2, 0.25) is 0 Å². The van der Waals surface area contributed by atoms with Gasteiger partial charge in [0, 0.05) is 41.7 Å². The van der Waals surface area contributed by atoms with Crippen LogP contribution in [0.5, 0.6) is 0 Å². The van der Waals surface area contributed by atoms with Crippen molar-refractivity contribution >= 4 is 5.82 Å². The molecule has 4 rings (SSSR count). The summed E-state index contributed by atoms with van der Waals surface area (Å²) >= 11 is 0. The molecule has 1 fully saturated rings. The van der Waals surface area contributed by atoms with Crippen molar-refractivity contribution in [2.45, 2.75) is 25.3 Å². The van der Waals surface area contributed by atoms with E-state index in [-0.39, 0.29) is 0 Å². The van der Waals surface area contributed by atoms with Crippen molar-refractivity contribution in [2.75, 3.05) is 5.32 Å². The fourth-order valence-electron chi connectivity index (χ4n) is 2.88. The Kier molecular flexibility index (Phi) is 3.50. The van der Waals surface area contributed by atoms with Gasteiger partial charge in [-0.25, -0.2) is 9.97 Å². The summed E-state index contributed by atoms with van der Waals surface area (Å²) in [7, 11) is 0. The highest BCUT2D eigenvalue weighted by molar-refractivity contribution is 5.56. The predicted octanol–water partition coefficient (Wildman–Crippen LogP) is 3.82. The molecule has 2 aromatic heterocycles. The molecular formula is C19H18N4. The van der Waals surface area contributed by atoms with Gasteiger partial charge in [0.15, 0.2) is 5.82 Å². The van der Waals surface area contributed by atoms with Gasteiger partial charge in [0.1, 0.15) is 5.82 Å². The van der Waals surface area contributed by atoms with Crippen LogP contribution in [0, 0.1) is 6.92 Å². The fraction of sp³-hybridized carbons (Fsp3) is 0.211. The quantitative estimate of drug-likeness (QED) is 0.796. The Morgan fingerprint density at radius 2 is 1.91 bits per heavy atom. The van der Waals surface area contributed by atoms with E-state index in [0.717, 1.165) is 29.3 Å². The normalized spacial score (nSPS) is 19.3. The third-order valence-electron chi connectivity index (χ3n) is 4.13. The van der Waals surface area contributed by atoms with Crippen LogP contribution in [0.2, 0.25) is 0 Å². The molecule has 23 heavy (non-hydrogen) atoms. The average molecular weight is 302 g/mol. The lowest BCUT2D eigenvalue weighted by atomic mass is 10.1. The fourth-order valence-corrected chi connectivity index (χ4v) is 2.88. The largest absolute Gasteiger partial charge is 0.367 e. The SMILES string of the molecule is Cc1cc(NC2CC2c2ccccc2)nc(-c2cccnc2)n1. The van der Waals surface area contributed by atoms with E-state index in [0.29, 0.717) is 12.0 Å². The van der Waals surface area contributed by atoms with Gasteiger partial charge in [-0.1, -0.05) is 30.3 Å². The second kappa shape index (κ2) is 5.80. The first-order valence-corrected chi connectivity index (χ1v) is 7.87. The molecule has 0 spiro atoms. The van der Waals surface area contributed by atoms with Crippen molar-refractivity contribution in [1.29, 1.82) is 0 Å². The van der Waals surface area contributed by atoms with E-state index in [9.17, 15) is 0 Å². The van der Waals surface area contributed by atoms with Crippen molar-refractivity contribution in [3.63, 3.8) is 0 Å². The first kappa shape index (κ1) is 13.9. The minimum atomic E-state index is 0.452. The van der Waals surface area contributed by atoms with Crippen LogP contribution in [-0.4, -0.2) is 21.0 Å². The number of pyridine rings is 1. The number of rotatable bonds is 4. The lowest BCUT2D eigenvalue weighted by Crippen LogP contribution is -2.07. The van der Waals surface area contributed by atoms with Crippen LogP contribution in [0.3, 0.4) is 0 Å². The molecule has 2 heterocycles. The number of hydrogen-bond acceptors (Lipinski definition) is 4. The van der Waals surface area contributed by atoms with Gasteiger partial charge in [-0.3, -0.25) is 4.98 Å². The lowest BCUT2D eigenvalue weighted by molar-refractivity contribution is 1.01. The van der Waals surface area contributed by atoms with Crippen molar-refractivity contribution in [3.05, 3.63) is 72.2 Å². The van der Waals surface area contributed by atoms with Crippen molar-refractivity contribution in [2.24, 2.45) is 0 Å². The van der Waals surface area contributed by atoms with Crippen molar-refractivity contribution in [1.82, 2.24) is 15.0 Å². The van der Waals surface area contributed by atoms with Gasteiger partial charge in [-0.2, -0.15) is 0 Å². The minimum absolute atomic E-state index is 0.452. The number of hydrogen-bond donors (Lipinski definition) is 1. The molecule has 0 radical (unpaired) electrons. The van der Waals surface area contributed by atoms with E-state index < -0.39 is 0 Å². The number of benzene rings is 1. The summed E-state index contributed by atoms with van der Waals surface area (Å²) in [5.74, 6) is 2.19. The average Bonchev–Trinajstić information content (AvgIpc) is 3.35. The highest BCUT2D eigenvalue weighted by Gasteiger charge is 2.38. The summed E-state index contributed by atoms with van der Waals surface area (Å²) in [4.78, 5) is 13.3. The Balaban J connectivity index is 1.53. The van der Waals surface area contributed by atoms with E-state index in [4.69, 9.17) is 0 Å². The molecule has 2 unspecified atom stereocenters.